The first-order valence-electron chi connectivity index (χ1n) is 9.70. The number of amides is 1. The highest BCUT2D eigenvalue weighted by molar-refractivity contribution is 6.16. The third-order valence-electron chi connectivity index (χ3n) is 5.19. The number of Topliss-reactive ketones (excluding diaryl/α,β-unsaturated/α-hetero) is 1. The molecule has 0 radical (unpaired) electrons. The summed E-state index contributed by atoms with van der Waals surface area (Å²) in [6.45, 7) is 0. The predicted molar refractivity (Wildman–Crippen MR) is 112 cm³/mol. The molecule has 4 nitrogen and oxygen atoms in total. The molecule has 1 atom stereocenters. The molecule has 30 heavy (non-hydrogen) atoms. The summed E-state index contributed by atoms with van der Waals surface area (Å²) in [5.41, 5.74) is 1.99. The maximum atomic E-state index is 13.9. The maximum absolute atomic E-state index is 13.9. The Balaban J connectivity index is 1.72. The molecular formula is C25H20FNO3. The minimum Gasteiger partial charge on any atom is -0.503 e. The molecule has 3 aromatic rings. The molecule has 150 valence electrons. The van der Waals surface area contributed by atoms with Gasteiger partial charge in [0.15, 0.2) is 11.5 Å². The van der Waals surface area contributed by atoms with Crippen molar-refractivity contribution in [1.29, 1.82) is 0 Å². The normalized spacial score (nSPS) is 16.2. The second kappa shape index (κ2) is 8.33. The molecule has 1 unspecified atom stereocenters. The van der Waals surface area contributed by atoms with Crippen molar-refractivity contribution in [3.63, 3.8) is 0 Å². The van der Waals surface area contributed by atoms with Crippen LogP contribution < -0.4 is 4.90 Å². The Bertz CT molecular complexity index is 1110. The number of aryl methyl sites for hydroxylation is 1. The third kappa shape index (κ3) is 3.74. The third-order valence-corrected chi connectivity index (χ3v) is 5.19. The van der Waals surface area contributed by atoms with Crippen molar-refractivity contribution in [3.05, 3.63) is 113 Å². The summed E-state index contributed by atoms with van der Waals surface area (Å²) in [5, 5.41) is 10.6. The van der Waals surface area contributed by atoms with Crippen LogP contribution in [0.25, 0.3) is 0 Å². The molecule has 3 aromatic carbocycles. The number of ketones is 1. The Morgan fingerprint density at radius 3 is 2.27 bits per heavy atom. The summed E-state index contributed by atoms with van der Waals surface area (Å²) in [4.78, 5) is 27.3. The molecule has 1 heterocycles. The van der Waals surface area contributed by atoms with Gasteiger partial charge in [0.05, 0.1) is 11.6 Å². The van der Waals surface area contributed by atoms with Gasteiger partial charge in [0.1, 0.15) is 5.82 Å². The number of aliphatic hydroxyl groups excluding tert-OH is 1. The van der Waals surface area contributed by atoms with Crippen molar-refractivity contribution < 1.29 is 19.1 Å². The Morgan fingerprint density at radius 1 is 0.933 bits per heavy atom. The lowest BCUT2D eigenvalue weighted by Gasteiger charge is -2.27. The fourth-order valence-electron chi connectivity index (χ4n) is 3.77. The zero-order chi connectivity index (χ0) is 21.1. The van der Waals surface area contributed by atoms with E-state index in [4.69, 9.17) is 0 Å². The topological polar surface area (TPSA) is 57.6 Å². The van der Waals surface area contributed by atoms with Crippen molar-refractivity contribution in [2.75, 3.05) is 4.90 Å². The lowest BCUT2D eigenvalue weighted by atomic mass is 9.93. The van der Waals surface area contributed by atoms with E-state index in [1.165, 1.54) is 23.1 Å². The largest absolute Gasteiger partial charge is 0.503 e. The van der Waals surface area contributed by atoms with Gasteiger partial charge in [0.25, 0.3) is 5.91 Å². The number of rotatable bonds is 6. The summed E-state index contributed by atoms with van der Waals surface area (Å²) in [6, 6.07) is 23.3. The van der Waals surface area contributed by atoms with E-state index in [0.717, 1.165) is 5.56 Å². The Morgan fingerprint density at radius 2 is 1.60 bits per heavy atom. The van der Waals surface area contributed by atoms with Gasteiger partial charge in [-0.2, -0.15) is 0 Å². The molecule has 0 bridgehead atoms. The smallest absolute Gasteiger partial charge is 0.294 e. The van der Waals surface area contributed by atoms with Gasteiger partial charge in [-0.25, -0.2) is 4.39 Å². The van der Waals surface area contributed by atoms with Crippen LogP contribution in [-0.2, 0) is 16.0 Å². The van der Waals surface area contributed by atoms with Crippen LogP contribution in [-0.4, -0.2) is 16.8 Å². The fourth-order valence-corrected chi connectivity index (χ4v) is 3.77. The Kier molecular flexibility index (Phi) is 5.44. The molecule has 0 spiro atoms. The molecule has 1 amide bonds. The van der Waals surface area contributed by atoms with Crippen molar-refractivity contribution in [1.82, 2.24) is 0 Å². The molecular weight excluding hydrogens is 381 g/mol. The van der Waals surface area contributed by atoms with Crippen molar-refractivity contribution >= 4 is 17.4 Å². The van der Waals surface area contributed by atoms with E-state index in [0.29, 0.717) is 12.0 Å². The van der Waals surface area contributed by atoms with E-state index < -0.39 is 23.5 Å². The molecule has 1 aliphatic rings. The summed E-state index contributed by atoms with van der Waals surface area (Å²) in [5.74, 6) is -2.10. The van der Waals surface area contributed by atoms with Gasteiger partial charge in [0, 0.05) is 12.1 Å². The number of carbonyl (C=O) groups excluding carboxylic acids is 2. The summed E-state index contributed by atoms with van der Waals surface area (Å²) < 4.78 is 13.9. The first-order valence-corrected chi connectivity index (χ1v) is 9.70. The number of aliphatic hydroxyl groups is 1. The van der Waals surface area contributed by atoms with Crippen LogP contribution >= 0.6 is 0 Å². The molecule has 0 fully saturated rings. The average molecular weight is 401 g/mol. The van der Waals surface area contributed by atoms with Gasteiger partial charge in [-0.05, 0) is 35.7 Å². The fraction of sp³-hybridized carbons (Fsp3) is 0.120. The molecule has 0 saturated carbocycles. The number of nitrogens with zero attached hydrogens (tertiary/aromatic N) is 1. The van der Waals surface area contributed by atoms with Crippen LogP contribution in [0.5, 0.6) is 0 Å². The molecule has 1 N–H and O–H groups in total. The molecule has 0 saturated heterocycles. The van der Waals surface area contributed by atoms with E-state index >= 15 is 0 Å². The van der Waals surface area contributed by atoms with Gasteiger partial charge < -0.3 is 5.11 Å². The molecule has 0 aromatic heterocycles. The van der Waals surface area contributed by atoms with E-state index in [9.17, 15) is 19.1 Å². The maximum Gasteiger partial charge on any atom is 0.294 e. The van der Waals surface area contributed by atoms with E-state index in [1.807, 2.05) is 36.4 Å². The Labute approximate surface area is 173 Å². The summed E-state index contributed by atoms with van der Waals surface area (Å²) >= 11 is 0. The number of hydrogen-bond donors (Lipinski definition) is 1. The first kappa shape index (κ1) is 19.6. The molecule has 0 aliphatic carbocycles. The number of halogens is 1. The highest BCUT2D eigenvalue weighted by Crippen LogP contribution is 2.41. The number of hydrogen-bond acceptors (Lipinski definition) is 3. The van der Waals surface area contributed by atoms with E-state index in [1.54, 1.807) is 30.3 Å². The standard InChI is InChI=1S/C25H20FNO3/c26-19-12-7-13-20(16-19)27-23(18-10-5-2-6-11-18)22(24(29)25(27)30)21(28)15-14-17-8-3-1-4-9-17/h1-13,16,23,29H,14-15H2. The minimum absolute atomic E-state index is 0.0476. The molecule has 1 aliphatic heterocycles. The zero-order valence-corrected chi connectivity index (χ0v) is 16.2. The second-order valence-corrected chi connectivity index (χ2v) is 7.14. The van der Waals surface area contributed by atoms with Crippen LogP contribution in [0, 0.1) is 5.82 Å². The second-order valence-electron chi connectivity index (χ2n) is 7.14. The molecule has 4 rings (SSSR count). The summed E-state index contributed by atoms with van der Waals surface area (Å²) in [7, 11) is 0. The van der Waals surface area contributed by atoms with Gasteiger partial charge in [-0.3, -0.25) is 14.5 Å². The van der Waals surface area contributed by atoms with E-state index in [-0.39, 0.29) is 23.5 Å². The highest BCUT2D eigenvalue weighted by Gasteiger charge is 2.44. The van der Waals surface area contributed by atoms with Crippen molar-refractivity contribution in [3.8, 4) is 0 Å². The SMILES string of the molecule is O=C(CCc1ccccc1)C1=C(O)C(=O)N(c2cccc(F)c2)C1c1ccccc1. The lowest BCUT2D eigenvalue weighted by molar-refractivity contribution is -0.118. The van der Waals surface area contributed by atoms with Crippen molar-refractivity contribution in [2.45, 2.75) is 18.9 Å². The van der Waals surface area contributed by atoms with Crippen LogP contribution in [0.1, 0.15) is 23.6 Å². The highest BCUT2D eigenvalue weighted by atomic mass is 19.1. The van der Waals surface area contributed by atoms with Crippen LogP contribution in [0.3, 0.4) is 0 Å². The predicted octanol–water partition coefficient (Wildman–Crippen LogP) is 4.93. The number of carbonyl (C=O) groups is 2. The van der Waals surface area contributed by atoms with Crippen LogP contribution in [0.15, 0.2) is 96.3 Å². The van der Waals surface area contributed by atoms with Gasteiger partial charge in [-0.1, -0.05) is 66.7 Å². The van der Waals surface area contributed by atoms with E-state index in [2.05, 4.69) is 0 Å². The van der Waals surface area contributed by atoms with Crippen LogP contribution in [0.4, 0.5) is 10.1 Å². The quantitative estimate of drug-likeness (QED) is 0.637. The van der Waals surface area contributed by atoms with Gasteiger partial charge >= 0.3 is 0 Å². The minimum atomic E-state index is -0.816. The van der Waals surface area contributed by atoms with Gasteiger partial charge in [0.2, 0.25) is 0 Å². The monoisotopic (exact) mass is 401 g/mol. The first-order chi connectivity index (χ1) is 14.6. The molecule has 5 heteroatoms. The van der Waals surface area contributed by atoms with Crippen molar-refractivity contribution in [2.24, 2.45) is 0 Å². The Hall–Kier alpha value is -3.73. The zero-order valence-electron chi connectivity index (χ0n) is 16.2. The lowest BCUT2D eigenvalue weighted by Crippen LogP contribution is -2.31. The number of benzene rings is 3. The number of anilines is 1. The average Bonchev–Trinajstić information content (AvgIpc) is 3.04. The summed E-state index contributed by atoms with van der Waals surface area (Å²) in [6.07, 6.45) is 0.642. The van der Waals surface area contributed by atoms with Crippen LogP contribution in [0.2, 0.25) is 0 Å². The van der Waals surface area contributed by atoms with Gasteiger partial charge in [-0.15, -0.1) is 0 Å².